The lowest BCUT2D eigenvalue weighted by Crippen LogP contribution is -2.38. The van der Waals surface area contributed by atoms with Crippen molar-refractivity contribution in [3.05, 3.63) is 59.7 Å². The molecule has 2 aromatic rings. The number of carbonyl (C=O) groups is 1. The van der Waals surface area contributed by atoms with Gasteiger partial charge in [0, 0.05) is 5.56 Å². The van der Waals surface area contributed by atoms with Crippen LogP contribution in [0, 0.1) is 6.92 Å². The van der Waals surface area contributed by atoms with Crippen molar-refractivity contribution >= 4 is 5.91 Å². The van der Waals surface area contributed by atoms with Gasteiger partial charge in [-0.2, -0.15) is 0 Å². The van der Waals surface area contributed by atoms with Crippen molar-refractivity contribution < 1.29 is 14.3 Å². The highest BCUT2D eigenvalue weighted by Gasteiger charge is 2.26. The summed E-state index contributed by atoms with van der Waals surface area (Å²) in [6.07, 6.45) is 0. The fraction of sp³-hybridized carbons (Fsp3) is 0.316. The van der Waals surface area contributed by atoms with Crippen LogP contribution in [0.1, 0.15) is 24.1 Å². The van der Waals surface area contributed by atoms with Crippen LogP contribution in [-0.2, 0) is 4.79 Å². The van der Waals surface area contributed by atoms with Crippen molar-refractivity contribution in [1.82, 2.24) is 4.90 Å². The Morgan fingerprint density at radius 3 is 2.74 bits per heavy atom. The Bertz CT molecular complexity index is 681. The number of hydrogen-bond donors (Lipinski definition) is 0. The number of nitrogens with zero attached hydrogens (tertiary/aromatic N) is 1. The first kappa shape index (κ1) is 15.4. The summed E-state index contributed by atoms with van der Waals surface area (Å²) in [6.45, 7) is 5.14. The molecule has 3 rings (SSSR count). The standard InChI is InChI=1S/C19H21NO3/c1-14-7-9-16(10-8-14)23-13-19(21)20-11-12-22-18-6-4-3-5-17(18)15(20)2/h3-10,15H,11-13H2,1-2H3. The Hall–Kier alpha value is -2.49. The van der Waals surface area contributed by atoms with Crippen LogP contribution >= 0.6 is 0 Å². The highest BCUT2D eigenvalue weighted by atomic mass is 16.5. The van der Waals surface area contributed by atoms with Crippen LogP contribution in [0.25, 0.3) is 0 Å². The third-order valence-electron chi connectivity index (χ3n) is 4.13. The summed E-state index contributed by atoms with van der Waals surface area (Å²) in [5, 5.41) is 0. The van der Waals surface area contributed by atoms with Gasteiger partial charge in [0.05, 0.1) is 12.6 Å². The quantitative estimate of drug-likeness (QED) is 0.872. The summed E-state index contributed by atoms with van der Waals surface area (Å²) in [4.78, 5) is 14.4. The van der Waals surface area contributed by atoms with E-state index >= 15 is 0 Å². The molecule has 0 spiro atoms. The summed E-state index contributed by atoms with van der Waals surface area (Å²) in [5.41, 5.74) is 2.20. The lowest BCUT2D eigenvalue weighted by atomic mass is 10.1. The smallest absolute Gasteiger partial charge is 0.261 e. The highest BCUT2D eigenvalue weighted by Crippen LogP contribution is 2.31. The molecular weight excluding hydrogens is 290 g/mol. The third-order valence-corrected chi connectivity index (χ3v) is 4.13. The molecule has 1 atom stereocenters. The zero-order valence-corrected chi connectivity index (χ0v) is 13.5. The van der Waals surface area contributed by atoms with Crippen molar-refractivity contribution in [2.24, 2.45) is 0 Å². The normalized spacial score (nSPS) is 17.0. The second-order valence-electron chi connectivity index (χ2n) is 5.75. The first-order chi connectivity index (χ1) is 11.1. The zero-order valence-electron chi connectivity index (χ0n) is 13.5. The molecule has 0 radical (unpaired) electrons. The molecule has 1 amide bonds. The van der Waals surface area contributed by atoms with E-state index in [0.717, 1.165) is 11.3 Å². The molecule has 1 heterocycles. The molecule has 0 aromatic heterocycles. The lowest BCUT2D eigenvalue weighted by molar-refractivity contribution is -0.135. The van der Waals surface area contributed by atoms with E-state index in [1.165, 1.54) is 5.56 Å². The maximum atomic E-state index is 12.6. The first-order valence-corrected chi connectivity index (χ1v) is 7.86. The van der Waals surface area contributed by atoms with Crippen molar-refractivity contribution in [1.29, 1.82) is 0 Å². The Balaban J connectivity index is 1.68. The number of hydrogen-bond acceptors (Lipinski definition) is 3. The summed E-state index contributed by atoms with van der Waals surface area (Å²) in [5.74, 6) is 1.54. The molecule has 0 N–H and O–H groups in total. The van der Waals surface area contributed by atoms with Gasteiger partial charge in [-0.25, -0.2) is 0 Å². The highest BCUT2D eigenvalue weighted by molar-refractivity contribution is 5.78. The molecule has 0 bridgehead atoms. The minimum atomic E-state index is -0.0293. The molecule has 0 aliphatic carbocycles. The Morgan fingerprint density at radius 1 is 1.22 bits per heavy atom. The monoisotopic (exact) mass is 311 g/mol. The van der Waals surface area contributed by atoms with Gasteiger partial charge in [0.1, 0.15) is 18.1 Å². The Kier molecular flexibility index (Phi) is 4.51. The maximum absolute atomic E-state index is 12.6. The van der Waals surface area contributed by atoms with Crippen LogP contribution in [0.2, 0.25) is 0 Å². The van der Waals surface area contributed by atoms with Crippen molar-refractivity contribution in [2.75, 3.05) is 19.8 Å². The molecule has 120 valence electrons. The predicted octanol–water partition coefficient (Wildman–Crippen LogP) is 3.36. The lowest BCUT2D eigenvalue weighted by Gasteiger charge is -2.27. The van der Waals surface area contributed by atoms with E-state index in [2.05, 4.69) is 0 Å². The fourth-order valence-corrected chi connectivity index (χ4v) is 2.78. The molecule has 4 nitrogen and oxygen atoms in total. The van der Waals surface area contributed by atoms with Gasteiger partial charge >= 0.3 is 0 Å². The number of benzene rings is 2. The number of fused-ring (bicyclic) bond motifs is 1. The molecule has 1 aliphatic heterocycles. The molecule has 0 fully saturated rings. The van der Waals surface area contributed by atoms with Gasteiger partial charge in [0.15, 0.2) is 6.61 Å². The van der Waals surface area contributed by atoms with Crippen molar-refractivity contribution in [2.45, 2.75) is 19.9 Å². The van der Waals surface area contributed by atoms with E-state index in [1.54, 1.807) is 0 Å². The molecule has 1 aliphatic rings. The molecular formula is C19H21NO3. The van der Waals surface area contributed by atoms with Gasteiger partial charge in [0.2, 0.25) is 0 Å². The van der Waals surface area contributed by atoms with E-state index in [-0.39, 0.29) is 18.6 Å². The van der Waals surface area contributed by atoms with E-state index < -0.39 is 0 Å². The van der Waals surface area contributed by atoms with Gasteiger partial charge in [-0.15, -0.1) is 0 Å². The SMILES string of the molecule is Cc1ccc(OCC(=O)N2CCOc3ccccc3C2C)cc1. The summed E-state index contributed by atoms with van der Waals surface area (Å²) >= 11 is 0. The van der Waals surface area contributed by atoms with Gasteiger partial charge < -0.3 is 14.4 Å². The summed E-state index contributed by atoms with van der Waals surface area (Å²) in [6, 6.07) is 15.5. The minimum absolute atomic E-state index is 0.0252. The second kappa shape index (κ2) is 6.73. The van der Waals surface area contributed by atoms with Crippen LogP contribution in [0.4, 0.5) is 0 Å². The zero-order chi connectivity index (χ0) is 16.2. The molecule has 4 heteroatoms. The first-order valence-electron chi connectivity index (χ1n) is 7.86. The molecule has 0 saturated heterocycles. The fourth-order valence-electron chi connectivity index (χ4n) is 2.78. The van der Waals surface area contributed by atoms with Gasteiger partial charge in [-0.1, -0.05) is 35.9 Å². The van der Waals surface area contributed by atoms with Crippen LogP contribution in [0.3, 0.4) is 0 Å². The van der Waals surface area contributed by atoms with E-state index in [0.29, 0.717) is 18.9 Å². The van der Waals surface area contributed by atoms with Crippen LogP contribution in [0.15, 0.2) is 48.5 Å². The second-order valence-corrected chi connectivity index (χ2v) is 5.75. The van der Waals surface area contributed by atoms with Gasteiger partial charge in [0.25, 0.3) is 5.91 Å². The number of para-hydroxylation sites is 1. The van der Waals surface area contributed by atoms with Gasteiger partial charge in [-0.3, -0.25) is 4.79 Å². The summed E-state index contributed by atoms with van der Waals surface area (Å²) in [7, 11) is 0. The molecule has 2 aromatic carbocycles. The van der Waals surface area contributed by atoms with Crippen LogP contribution < -0.4 is 9.47 Å². The van der Waals surface area contributed by atoms with Crippen LogP contribution in [0.5, 0.6) is 11.5 Å². The van der Waals surface area contributed by atoms with E-state index in [9.17, 15) is 4.79 Å². The van der Waals surface area contributed by atoms with Crippen molar-refractivity contribution in [3.63, 3.8) is 0 Å². The van der Waals surface area contributed by atoms with E-state index in [1.807, 2.05) is 67.3 Å². The number of aryl methyl sites for hydroxylation is 1. The van der Waals surface area contributed by atoms with Crippen molar-refractivity contribution in [3.8, 4) is 11.5 Å². The van der Waals surface area contributed by atoms with Gasteiger partial charge in [-0.05, 0) is 32.0 Å². The Labute approximate surface area is 136 Å². The minimum Gasteiger partial charge on any atom is -0.491 e. The Morgan fingerprint density at radius 2 is 1.96 bits per heavy atom. The number of ether oxygens (including phenoxy) is 2. The number of rotatable bonds is 3. The number of amides is 1. The number of carbonyl (C=O) groups excluding carboxylic acids is 1. The average molecular weight is 311 g/mol. The third kappa shape index (κ3) is 3.47. The molecule has 23 heavy (non-hydrogen) atoms. The topological polar surface area (TPSA) is 38.8 Å². The molecule has 0 saturated carbocycles. The molecule has 1 unspecified atom stereocenters. The van der Waals surface area contributed by atoms with Crippen LogP contribution in [-0.4, -0.2) is 30.6 Å². The largest absolute Gasteiger partial charge is 0.491 e. The van der Waals surface area contributed by atoms with E-state index in [4.69, 9.17) is 9.47 Å². The average Bonchev–Trinajstić information content (AvgIpc) is 2.74. The predicted molar refractivity (Wildman–Crippen MR) is 88.7 cm³/mol. The summed E-state index contributed by atoms with van der Waals surface area (Å²) < 4.78 is 11.4. The maximum Gasteiger partial charge on any atom is 0.261 e.